The van der Waals surface area contributed by atoms with Crippen LogP contribution < -0.4 is 10.1 Å². The van der Waals surface area contributed by atoms with E-state index in [0.29, 0.717) is 11.5 Å². The van der Waals surface area contributed by atoms with Gasteiger partial charge in [-0.3, -0.25) is 4.79 Å². The van der Waals surface area contributed by atoms with E-state index in [1.807, 2.05) is 36.4 Å². The maximum absolute atomic E-state index is 13.1. The molecule has 150 valence electrons. The first-order chi connectivity index (χ1) is 14.4. The zero-order valence-corrected chi connectivity index (χ0v) is 15.7. The minimum absolute atomic E-state index is 0.0767. The van der Waals surface area contributed by atoms with Gasteiger partial charge in [-0.25, -0.2) is 0 Å². The Bertz CT molecular complexity index is 1110. The van der Waals surface area contributed by atoms with Gasteiger partial charge in [-0.2, -0.15) is 13.2 Å². The number of fused-ring (bicyclic) bond motifs is 2. The van der Waals surface area contributed by atoms with Crippen molar-refractivity contribution in [1.82, 2.24) is 5.32 Å². The number of nitrogens with one attached hydrogen (secondary N) is 1. The van der Waals surface area contributed by atoms with Crippen LogP contribution in [-0.4, -0.2) is 12.5 Å². The quantitative estimate of drug-likeness (QED) is 0.600. The van der Waals surface area contributed by atoms with Crippen LogP contribution in [0.25, 0.3) is 0 Å². The van der Waals surface area contributed by atoms with Gasteiger partial charge in [0.2, 0.25) is 5.91 Å². The van der Waals surface area contributed by atoms with Crippen molar-refractivity contribution in [2.45, 2.75) is 12.1 Å². The van der Waals surface area contributed by atoms with Crippen LogP contribution in [0.2, 0.25) is 0 Å². The van der Waals surface area contributed by atoms with Crippen LogP contribution in [0.5, 0.6) is 11.5 Å². The molecule has 0 fully saturated rings. The van der Waals surface area contributed by atoms with E-state index < -0.39 is 17.7 Å². The van der Waals surface area contributed by atoms with Crippen molar-refractivity contribution in [3.05, 3.63) is 95.1 Å². The largest absolute Gasteiger partial charge is 0.457 e. The third-order valence-electron chi connectivity index (χ3n) is 4.75. The molecule has 0 aliphatic carbocycles. The van der Waals surface area contributed by atoms with Crippen molar-refractivity contribution in [3.63, 3.8) is 0 Å². The third kappa shape index (κ3) is 3.87. The van der Waals surface area contributed by atoms with Crippen LogP contribution in [0.4, 0.5) is 13.2 Å². The van der Waals surface area contributed by atoms with Crippen LogP contribution in [0.1, 0.15) is 28.2 Å². The van der Waals surface area contributed by atoms with E-state index >= 15 is 0 Å². The number of alkyl halides is 3. The Balaban J connectivity index is 1.54. The van der Waals surface area contributed by atoms with Crippen molar-refractivity contribution in [2.24, 2.45) is 0 Å². The fourth-order valence-electron chi connectivity index (χ4n) is 3.40. The number of amides is 1. The van der Waals surface area contributed by atoms with Crippen molar-refractivity contribution >= 4 is 5.91 Å². The van der Waals surface area contributed by atoms with E-state index in [2.05, 4.69) is 17.2 Å². The summed E-state index contributed by atoms with van der Waals surface area (Å²) in [4.78, 5) is 12.9. The molecule has 3 aromatic carbocycles. The third-order valence-corrected chi connectivity index (χ3v) is 4.75. The summed E-state index contributed by atoms with van der Waals surface area (Å²) in [5.74, 6) is 5.44. The fraction of sp³-hybridized carbons (Fsp3) is 0.125. The van der Waals surface area contributed by atoms with Crippen LogP contribution in [0, 0.1) is 11.8 Å². The number of para-hydroxylation sites is 2. The maximum Gasteiger partial charge on any atom is 0.417 e. The monoisotopic (exact) mass is 407 g/mol. The SMILES string of the molecule is O=C(NCC#Cc1ccccc1C(F)(F)F)C1c2ccccc2Oc2ccccc21. The molecule has 30 heavy (non-hydrogen) atoms. The molecule has 3 aromatic rings. The van der Waals surface area contributed by atoms with Crippen molar-refractivity contribution in [1.29, 1.82) is 0 Å². The number of halogens is 3. The zero-order chi connectivity index (χ0) is 21.1. The smallest absolute Gasteiger partial charge is 0.417 e. The lowest BCUT2D eigenvalue weighted by Gasteiger charge is -2.27. The normalized spacial score (nSPS) is 12.6. The molecule has 0 spiro atoms. The van der Waals surface area contributed by atoms with Crippen molar-refractivity contribution in [3.8, 4) is 23.3 Å². The van der Waals surface area contributed by atoms with Gasteiger partial charge in [0.05, 0.1) is 18.0 Å². The Labute approximate surface area is 171 Å². The van der Waals surface area contributed by atoms with Crippen LogP contribution in [0.15, 0.2) is 72.8 Å². The molecular weight excluding hydrogens is 391 g/mol. The van der Waals surface area contributed by atoms with Gasteiger partial charge in [-0.15, -0.1) is 0 Å². The molecule has 1 N–H and O–H groups in total. The summed E-state index contributed by atoms with van der Waals surface area (Å²) in [7, 11) is 0. The molecule has 0 bridgehead atoms. The summed E-state index contributed by atoms with van der Waals surface area (Å²) in [6, 6.07) is 19.6. The molecule has 0 unspecified atom stereocenters. The summed E-state index contributed by atoms with van der Waals surface area (Å²) in [5, 5.41) is 2.71. The number of hydrogen-bond acceptors (Lipinski definition) is 2. The molecule has 1 aliphatic rings. The molecule has 1 heterocycles. The van der Waals surface area contributed by atoms with Gasteiger partial charge in [-0.05, 0) is 24.3 Å². The van der Waals surface area contributed by atoms with E-state index in [1.165, 1.54) is 18.2 Å². The van der Waals surface area contributed by atoms with Crippen LogP contribution in [0.3, 0.4) is 0 Å². The average molecular weight is 407 g/mol. The summed E-state index contributed by atoms with van der Waals surface area (Å²) in [5.41, 5.74) is 0.533. The van der Waals surface area contributed by atoms with Gasteiger partial charge in [0, 0.05) is 16.7 Å². The number of rotatable bonds is 2. The van der Waals surface area contributed by atoms with Gasteiger partial charge in [-0.1, -0.05) is 60.4 Å². The van der Waals surface area contributed by atoms with Crippen molar-refractivity contribution in [2.75, 3.05) is 6.54 Å². The molecule has 1 aliphatic heterocycles. The Morgan fingerprint density at radius 1 is 0.900 bits per heavy atom. The van der Waals surface area contributed by atoms with Crippen LogP contribution >= 0.6 is 0 Å². The predicted molar refractivity (Wildman–Crippen MR) is 106 cm³/mol. The highest BCUT2D eigenvalue weighted by atomic mass is 19.4. The Kier molecular flexibility index (Phi) is 5.20. The lowest BCUT2D eigenvalue weighted by molar-refractivity contribution is -0.137. The second-order valence-electron chi connectivity index (χ2n) is 6.67. The van der Waals surface area contributed by atoms with Crippen molar-refractivity contribution < 1.29 is 22.7 Å². The standard InChI is InChI=1S/C24H16F3NO2/c25-24(26,27)19-12-4-1-8-16(19)9-7-15-28-23(29)22-17-10-2-5-13-20(17)30-21-14-6-3-11-18(21)22/h1-6,8,10-14,22H,15H2,(H,28,29). The van der Waals surface area contributed by atoms with Gasteiger partial charge in [0.15, 0.2) is 0 Å². The van der Waals surface area contributed by atoms with Gasteiger partial charge in [0.1, 0.15) is 11.5 Å². The summed E-state index contributed by atoms with van der Waals surface area (Å²) < 4.78 is 45.1. The molecule has 0 saturated heterocycles. The van der Waals surface area contributed by atoms with Gasteiger partial charge < -0.3 is 10.1 Å². The van der Waals surface area contributed by atoms with Gasteiger partial charge >= 0.3 is 6.18 Å². The molecule has 6 heteroatoms. The average Bonchev–Trinajstić information content (AvgIpc) is 2.74. The molecular formula is C24H16F3NO2. The molecule has 0 aromatic heterocycles. The molecule has 3 nitrogen and oxygen atoms in total. The Morgan fingerprint density at radius 3 is 2.10 bits per heavy atom. The number of ether oxygens (including phenoxy) is 1. The Morgan fingerprint density at radius 2 is 1.47 bits per heavy atom. The number of carbonyl (C=O) groups excluding carboxylic acids is 1. The number of hydrogen-bond donors (Lipinski definition) is 1. The van der Waals surface area contributed by atoms with E-state index in [1.54, 1.807) is 12.1 Å². The van der Waals surface area contributed by atoms with E-state index in [9.17, 15) is 18.0 Å². The first-order valence-corrected chi connectivity index (χ1v) is 9.23. The van der Waals surface area contributed by atoms with Gasteiger partial charge in [0.25, 0.3) is 0 Å². The molecule has 1 amide bonds. The Hall–Kier alpha value is -3.72. The topological polar surface area (TPSA) is 38.3 Å². The van der Waals surface area contributed by atoms with Crippen LogP contribution in [-0.2, 0) is 11.0 Å². The molecule has 4 rings (SSSR count). The van der Waals surface area contributed by atoms with E-state index in [0.717, 1.165) is 17.2 Å². The second-order valence-corrected chi connectivity index (χ2v) is 6.67. The van der Waals surface area contributed by atoms with E-state index in [-0.39, 0.29) is 18.0 Å². The number of benzene rings is 3. The lowest BCUT2D eigenvalue weighted by atomic mass is 9.87. The van der Waals surface area contributed by atoms with E-state index in [4.69, 9.17) is 4.74 Å². The highest BCUT2D eigenvalue weighted by molar-refractivity contribution is 5.89. The summed E-state index contributed by atoms with van der Waals surface area (Å²) >= 11 is 0. The molecule has 0 saturated carbocycles. The highest BCUT2D eigenvalue weighted by Crippen LogP contribution is 2.43. The fourth-order valence-corrected chi connectivity index (χ4v) is 3.40. The minimum Gasteiger partial charge on any atom is -0.457 e. The molecule has 0 radical (unpaired) electrons. The molecule has 0 atom stereocenters. The first-order valence-electron chi connectivity index (χ1n) is 9.23. The second kappa shape index (κ2) is 7.96. The maximum atomic E-state index is 13.1. The number of carbonyl (C=O) groups is 1. The lowest BCUT2D eigenvalue weighted by Crippen LogP contribution is -2.31. The first kappa shape index (κ1) is 19.6. The minimum atomic E-state index is -4.48. The zero-order valence-electron chi connectivity index (χ0n) is 15.7. The predicted octanol–water partition coefficient (Wildman–Crippen LogP) is 5.11. The highest BCUT2D eigenvalue weighted by Gasteiger charge is 2.33. The summed E-state index contributed by atoms with van der Waals surface area (Å²) in [6.07, 6.45) is -4.48. The summed E-state index contributed by atoms with van der Waals surface area (Å²) in [6.45, 7) is -0.0767.